The Morgan fingerprint density at radius 1 is 1.81 bits per heavy atom. The van der Waals surface area contributed by atoms with Crippen molar-refractivity contribution in [2.24, 2.45) is 5.92 Å². The third-order valence-corrected chi connectivity index (χ3v) is 3.85. The fourth-order valence-electron chi connectivity index (χ4n) is 1.84. The first kappa shape index (κ1) is 11.3. The summed E-state index contributed by atoms with van der Waals surface area (Å²) < 4.78 is 0. The first-order valence-electron chi connectivity index (χ1n) is 5.11. The molecule has 0 aromatic carbocycles. The number of nitrogens with zero attached hydrogens (tertiary/aromatic N) is 3. The van der Waals surface area contributed by atoms with E-state index in [4.69, 9.17) is 0 Å². The third kappa shape index (κ3) is 2.14. The van der Waals surface area contributed by atoms with E-state index in [9.17, 15) is 15.2 Å². The standard InChI is InChI=1S/C9H13N3O3S/c1-6(13)7-2-3-11(5-7)9-10-4-8(16-9)12(14)15/h4,6-7,13H,2-3,5H2,1H3. The Hall–Kier alpha value is -1.21. The van der Waals surface area contributed by atoms with Crippen LogP contribution in [0.1, 0.15) is 13.3 Å². The lowest BCUT2D eigenvalue weighted by atomic mass is 10.0. The van der Waals surface area contributed by atoms with Gasteiger partial charge in [0.05, 0.1) is 11.0 Å². The van der Waals surface area contributed by atoms with Gasteiger partial charge >= 0.3 is 5.00 Å². The fourth-order valence-corrected chi connectivity index (χ4v) is 2.61. The fraction of sp³-hybridized carbons (Fsp3) is 0.667. The first-order chi connectivity index (χ1) is 7.58. The molecule has 0 saturated carbocycles. The molecule has 6 nitrogen and oxygen atoms in total. The molecule has 7 heteroatoms. The second kappa shape index (κ2) is 4.34. The van der Waals surface area contributed by atoms with Crippen LogP contribution in [0.3, 0.4) is 0 Å². The zero-order valence-corrected chi connectivity index (χ0v) is 9.68. The van der Waals surface area contributed by atoms with Crippen molar-refractivity contribution in [3.8, 4) is 0 Å². The molecule has 1 aliphatic heterocycles. The van der Waals surface area contributed by atoms with E-state index < -0.39 is 4.92 Å². The van der Waals surface area contributed by atoms with Crippen LogP contribution in [-0.4, -0.2) is 34.2 Å². The molecule has 16 heavy (non-hydrogen) atoms. The van der Waals surface area contributed by atoms with Crippen molar-refractivity contribution in [1.82, 2.24) is 4.98 Å². The van der Waals surface area contributed by atoms with E-state index in [2.05, 4.69) is 4.98 Å². The van der Waals surface area contributed by atoms with Crippen LogP contribution in [0.2, 0.25) is 0 Å². The number of hydrogen-bond acceptors (Lipinski definition) is 6. The van der Waals surface area contributed by atoms with Crippen LogP contribution in [0.25, 0.3) is 0 Å². The minimum absolute atomic E-state index is 0.0653. The molecule has 0 amide bonds. The SMILES string of the molecule is CC(O)C1CCN(c2ncc([N+](=O)[O-])s2)C1. The smallest absolute Gasteiger partial charge is 0.345 e. The van der Waals surface area contributed by atoms with Gasteiger partial charge < -0.3 is 10.0 Å². The van der Waals surface area contributed by atoms with Gasteiger partial charge in [-0.05, 0) is 24.7 Å². The van der Waals surface area contributed by atoms with Crippen molar-refractivity contribution < 1.29 is 10.0 Å². The van der Waals surface area contributed by atoms with Gasteiger partial charge in [0.1, 0.15) is 6.20 Å². The normalized spacial score (nSPS) is 22.4. The highest BCUT2D eigenvalue weighted by molar-refractivity contribution is 7.18. The minimum Gasteiger partial charge on any atom is -0.393 e. The quantitative estimate of drug-likeness (QED) is 0.638. The zero-order chi connectivity index (χ0) is 11.7. The highest BCUT2D eigenvalue weighted by atomic mass is 32.1. The van der Waals surface area contributed by atoms with Crippen molar-refractivity contribution in [3.05, 3.63) is 16.3 Å². The van der Waals surface area contributed by atoms with E-state index in [0.717, 1.165) is 30.8 Å². The van der Waals surface area contributed by atoms with Gasteiger partial charge in [0.25, 0.3) is 0 Å². The molecule has 1 saturated heterocycles. The van der Waals surface area contributed by atoms with Gasteiger partial charge in [-0.2, -0.15) is 0 Å². The molecule has 1 fully saturated rings. The van der Waals surface area contributed by atoms with Gasteiger partial charge in [-0.3, -0.25) is 10.1 Å². The van der Waals surface area contributed by atoms with E-state index in [1.54, 1.807) is 6.92 Å². The molecule has 2 unspecified atom stereocenters. The van der Waals surface area contributed by atoms with E-state index in [1.165, 1.54) is 6.20 Å². The summed E-state index contributed by atoms with van der Waals surface area (Å²) >= 11 is 1.09. The van der Waals surface area contributed by atoms with Crippen molar-refractivity contribution >= 4 is 21.5 Å². The van der Waals surface area contributed by atoms with Gasteiger partial charge in [0.2, 0.25) is 0 Å². The number of thiazole rings is 1. The average Bonchev–Trinajstić information content (AvgIpc) is 2.86. The third-order valence-electron chi connectivity index (χ3n) is 2.84. The average molecular weight is 243 g/mol. The van der Waals surface area contributed by atoms with Gasteiger partial charge in [-0.15, -0.1) is 0 Å². The van der Waals surface area contributed by atoms with Crippen LogP contribution in [0.15, 0.2) is 6.20 Å². The molecule has 1 aliphatic rings. The monoisotopic (exact) mass is 243 g/mol. The van der Waals surface area contributed by atoms with Crippen LogP contribution in [0, 0.1) is 16.0 Å². The predicted octanol–water partition coefficient (Wildman–Crippen LogP) is 1.26. The van der Waals surface area contributed by atoms with Gasteiger partial charge in [0, 0.05) is 19.0 Å². The maximum atomic E-state index is 10.5. The van der Waals surface area contributed by atoms with Crippen LogP contribution < -0.4 is 4.90 Å². The Morgan fingerprint density at radius 3 is 3.06 bits per heavy atom. The second-order valence-corrected chi connectivity index (χ2v) is 4.96. The van der Waals surface area contributed by atoms with Crippen molar-refractivity contribution in [2.45, 2.75) is 19.4 Å². The van der Waals surface area contributed by atoms with Gasteiger partial charge in [0.15, 0.2) is 5.13 Å². The zero-order valence-electron chi connectivity index (χ0n) is 8.87. The highest BCUT2D eigenvalue weighted by Crippen LogP contribution is 2.32. The topological polar surface area (TPSA) is 79.5 Å². The number of aliphatic hydroxyl groups is 1. The van der Waals surface area contributed by atoms with E-state index >= 15 is 0 Å². The molecule has 88 valence electrons. The number of nitro groups is 1. The summed E-state index contributed by atoms with van der Waals surface area (Å²) in [4.78, 5) is 16.1. The molecule has 0 aliphatic carbocycles. The minimum atomic E-state index is -0.427. The van der Waals surface area contributed by atoms with E-state index in [1.807, 2.05) is 4.90 Å². The summed E-state index contributed by atoms with van der Waals surface area (Å²) in [7, 11) is 0. The molecular formula is C9H13N3O3S. The van der Waals surface area contributed by atoms with E-state index in [0.29, 0.717) is 5.13 Å². The maximum Gasteiger partial charge on any atom is 0.345 e. The van der Waals surface area contributed by atoms with Crippen LogP contribution in [-0.2, 0) is 0 Å². The largest absolute Gasteiger partial charge is 0.393 e. The van der Waals surface area contributed by atoms with Crippen molar-refractivity contribution in [2.75, 3.05) is 18.0 Å². The Kier molecular flexibility index (Phi) is 3.06. The summed E-state index contributed by atoms with van der Waals surface area (Å²) in [6.07, 6.45) is 1.86. The lowest BCUT2D eigenvalue weighted by Gasteiger charge is -2.15. The van der Waals surface area contributed by atoms with E-state index in [-0.39, 0.29) is 17.0 Å². The number of aromatic nitrogens is 1. The lowest BCUT2D eigenvalue weighted by molar-refractivity contribution is -0.380. The Morgan fingerprint density at radius 2 is 2.56 bits per heavy atom. The highest BCUT2D eigenvalue weighted by Gasteiger charge is 2.28. The molecule has 1 N–H and O–H groups in total. The summed E-state index contributed by atoms with van der Waals surface area (Å²) in [5.74, 6) is 0.239. The molecule has 2 rings (SSSR count). The molecule has 0 bridgehead atoms. The Labute approximate surface area is 96.7 Å². The number of anilines is 1. The number of aliphatic hydroxyl groups excluding tert-OH is 1. The summed E-state index contributed by atoms with van der Waals surface area (Å²) in [6, 6.07) is 0. The maximum absolute atomic E-state index is 10.5. The van der Waals surface area contributed by atoms with Crippen LogP contribution in [0.4, 0.5) is 10.1 Å². The summed E-state index contributed by atoms with van der Waals surface area (Å²) in [6.45, 7) is 3.31. The molecule has 1 aromatic heterocycles. The summed E-state index contributed by atoms with van der Waals surface area (Å²) in [5, 5.41) is 20.7. The molecule has 2 atom stereocenters. The van der Waals surface area contributed by atoms with Gasteiger partial charge in [-0.25, -0.2) is 4.98 Å². The first-order valence-corrected chi connectivity index (χ1v) is 5.93. The Balaban J connectivity index is 2.06. The number of hydrogen-bond donors (Lipinski definition) is 1. The van der Waals surface area contributed by atoms with Crippen molar-refractivity contribution in [3.63, 3.8) is 0 Å². The molecule has 1 aromatic rings. The van der Waals surface area contributed by atoms with Gasteiger partial charge in [-0.1, -0.05) is 0 Å². The predicted molar refractivity (Wildman–Crippen MR) is 60.8 cm³/mol. The van der Waals surface area contributed by atoms with Crippen molar-refractivity contribution in [1.29, 1.82) is 0 Å². The number of rotatable bonds is 3. The lowest BCUT2D eigenvalue weighted by Crippen LogP contribution is -2.23. The summed E-state index contributed by atoms with van der Waals surface area (Å²) in [5.41, 5.74) is 0. The Bertz CT molecular complexity index is 393. The molecule has 0 radical (unpaired) electrons. The molecule has 0 spiro atoms. The van der Waals surface area contributed by atoms with Crippen LogP contribution >= 0.6 is 11.3 Å². The van der Waals surface area contributed by atoms with Crippen LogP contribution in [0.5, 0.6) is 0 Å². The second-order valence-electron chi connectivity index (χ2n) is 3.97. The molecule has 2 heterocycles. The molecular weight excluding hydrogens is 230 g/mol.